The van der Waals surface area contributed by atoms with Gasteiger partial charge in [-0.2, -0.15) is 0 Å². The Morgan fingerprint density at radius 1 is 1.26 bits per heavy atom. The number of nitrogens with zero attached hydrogens (tertiary/aromatic N) is 1. The monoisotopic (exact) mass is 268 g/mol. The van der Waals surface area contributed by atoms with Gasteiger partial charge in [0.25, 0.3) is 0 Å². The van der Waals surface area contributed by atoms with Gasteiger partial charge in [-0.05, 0) is 49.5 Å². The Balaban J connectivity index is 2.01. The minimum absolute atomic E-state index is 0.0727. The van der Waals surface area contributed by atoms with Gasteiger partial charge in [0.05, 0.1) is 0 Å². The minimum atomic E-state index is -0.800. The van der Waals surface area contributed by atoms with Crippen molar-refractivity contribution in [3.63, 3.8) is 0 Å². The molecule has 2 rings (SSSR count). The van der Waals surface area contributed by atoms with Crippen molar-refractivity contribution in [3.8, 4) is 0 Å². The lowest BCUT2D eigenvalue weighted by Gasteiger charge is -2.33. The molecule has 1 saturated heterocycles. The molecular weight excluding hydrogens is 246 g/mol. The second kappa shape index (κ2) is 6.44. The molecule has 19 heavy (non-hydrogen) atoms. The van der Waals surface area contributed by atoms with Crippen molar-refractivity contribution in [1.82, 2.24) is 4.90 Å². The summed E-state index contributed by atoms with van der Waals surface area (Å²) in [4.78, 5) is 2.37. The Morgan fingerprint density at radius 2 is 1.95 bits per heavy atom. The average Bonchev–Trinajstić information content (AvgIpc) is 2.41. The maximum absolute atomic E-state index is 13.3. The normalized spacial score (nSPS) is 19.6. The van der Waals surface area contributed by atoms with E-state index in [-0.39, 0.29) is 5.92 Å². The van der Waals surface area contributed by atoms with Crippen LogP contribution in [0.5, 0.6) is 0 Å². The molecule has 1 unspecified atom stereocenters. The molecule has 1 aromatic carbocycles. The SMILES string of the molecule is CC1CCN(CC(CN)c2ccc(F)c(F)c2)CC1. The molecule has 0 saturated carbocycles. The fraction of sp³-hybridized carbons (Fsp3) is 0.600. The molecule has 1 heterocycles. The summed E-state index contributed by atoms with van der Waals surface area (Å²) >= 11 is 0. The highest BCUT2D eigenvalue weighted by molar-refractivity contribution is 5.22. The van der Waals surface area contributed by atoms with Crippen molar-refractivity contribution in [2.75, 3.05) is 26.2 Å². The van der Waals surface area contributed by atoms with Gasteiger partial charge >= 0.3 is 0 Å². The quantitative estimate of drug-likeness (QED) is 0.909. The largest absolute Gasteiger partial charge is 0.330 e. The molecule has 1 aliphatic rings. The van der Waals surface area contributed by atoms with Gasteiger partial charge in [0.1, 0.15) is 0 Å². The van der Waals surface area contributed by atoms with E-state index < -0.39 is 11.6 Å². The average molecular weight is 268 g/mol. The molecule has 0 spiro atoms. The highest BCUT2D eigenvalue weighted by Gasteiger charge is 2.20. The Bertz CT molecular complexity index is 415. The summed E-state index contributed by atoms with van der Waals surface area (Å²) in [6, 6.07) is 4.10. The van der Waals surface area contributed by atoms with Gasteiger partial charge in [0.15, 0.2) is 11.6 Å². The molecule has 106 valence electrons. The Labute approximate surface area is 113 Å². The second-order valence-corrected chi connectivity index (χ2v) is 5.59. The third kappa shape index (κ3) is 3.74. The molecule has 1 aliphatic heterocycles. The predicted octanol–water partition coefficient (Wildman–Crippen LogP) is 2.74. The number of rotatable bonds is 4. The Kier molecular flexibility index (Phi) is 4.88. The topological polar surface area (TPSA) is 29.3 Å². The van der Waals surface area contributed by atoms with Crippen molar-refractivity contribution in [2.24, 2.45) is 11.7 Å². The molecular formula is C15H22F2N2. The van der Waals surface area contributed by atoms with Crippen LogP contribution < -0.4 is 5.73 Å². The van der Waals surface area contributed by atoms with E-state index in [1.807, 2.05) is 0 Å². The molecule has 0 aromatic heterocycles. The van der Waals surface area contributed by atoms with Crippen LogP contribution in [0.15, 0.2) is 18.2 Å². The van der Waals surface area contributed by atoms with Gasteiger partial charge in [-0.25, -0.2) is 8.78 Å². The zero-order valence-electron chi connectivity index (χ0n) is 11.4. The molecule has 0 radical (unpaired) electrons. The zero-order valence-corrected chi connectivity index (χ0v) is 11.4. The number of benzene rings is 1. The fourth-order valence-electron chi connectivity index (χ4n) is 2.64. The van der Waals surface area contributed by atoms with Crippen molar-refractivity contribution in [2.45, 2.75) is 25.7 Å². The number of halogens is 2. The molecule has 2 N–H and O–H groups in total. The summed E-state index contributed by atoms with van der Waals surface area (Å²) in [5.41, 5.74) is 6.59. The van der Waals surface area contributed by atoms with Crippen LogP contribution in [0.25, 0.3) is 0 Å². The van der Waals surface area contributed by atoms with Crippen LogP contribution in [0, 0.1) is 17.6 Å². The van der Waals surface area contributed by atoms with Gasteiger partial charge in [0, 0.05) is 19.0 Å². The first-order valence-corrected chi connectivity index (χ1v) is 6.97. The van der Waals surface area contributed by atoms with Crippen molar-refractivity contribution < 1.29 is 8.78 Å². The lowest BCUT2D eigenvalue weighted by molar-refractivity contribution is 0.183. The maximum Gasteiger partial charge on any atom is 0.159 e. The van der Waals surface area contributed by atoms with E-state index in [9.17, 15) is 8.78 Å². The third-order valence-electron chi connectivity index (χ3n) is 4.05. The lowest BCUT2D eigenvalue weighted by Crippen LogP contribution is -2.37. The molecule has 1 atom stereocenters. The predicted molar refractivity (Wildman–Crippen MR) is 73.0 cm³/mol. The summed E-state index contributed by atoms with van der Waals surface area (Å²) in [6.07, 6.45) is 2.41. The van der Waals surface area contributed by atoms with Gasteiger partial charge in [-0.3, -0.25) is 0 Å². The Morgan fingerprint density at radius 3 is 2.53 bits per heavy atom. The third-order valence-corrected chi connectivity index (χ3v) is 4.05. The van der Waals surface area contributed by atoms with E-state index in [4.69, 9.17) is 5.73 Å². The zero-order chi connectivity index (χ0) is 13.8. The van der Waals surface area contributed by atoms with E-state index in [1.54, 1.807) is 6.07 Å². The summed E-state index contributed by atoms with van der Waals surface area (Å²) in [7, 11) is 0. The number of likely N-dealkylation sites (tertiary alicyclic amines) is 1. The summed E-state index contributed by atoms with van der Waals surface area (Å²) in [5, 5.41) is 0. The van der Waals surface area contributed by atoms with Crippen LogP contribution >= 0.6 is 0 Å². The number of hydrogen-bond donors (Lipinski definition) is 1. The Hall–Kier alpha value is -1.00. The molecule has 4 heteroatoms. The maximum atomic E-state index is 13.3. The van der Waals surface area contributed by atoms with E-state index in [1.165, 1.54) is 25.0 Å². The number of nitrogens with two attached hydrogens (primary N) is 1. The summed E-state index contributed by atoms with van der Waals surface area (Å²) in [6.45, 7) is 5.70. The van der Waals surface area contributed by atoms with Crippen LogP contribution in [0.4, 0.5) is 8.78 Å². The second-order valence-electron chi connectivity index (χ2n) is 5.59. The van der Waals surface area contributed by atoms with E-state index in [2.05, 4.69) is 11.8 Å². The van der Waals surface area contributed by atoms with Crippen LogP contribution in [-0.4, -0.2) is 31.1 Å². The van der Waals surface area contributed by atoms with E-state index >= 15 is 0 Å². The molecule has 2 nitrogen and oxygen atoms in total. The molecule has 0 amide bonds. The lowest BCUT2D eigenvalue weighted by atomic mass is 9.95. The number of hydrogen-bond acceptors (Lipinski definition) is 2. The molecule has 0 aliphatic carbocycles. The standard InChI is InChI=1S/C15H22F2N2/c1-11-4-6-19(7-5-11)10-13(9-18)12-2-3-14(16)15(17)8-12/h2-3,8,11,13H,4-7,9-10,18H2,1H3. The van der Waals surface area contributed by atoms with Crippen LogP contribution in [-0.2, 0) is 0 Å². The first-order valence-electron chi connectivity index (χ1n) is 6.97. The molecule has 1 fully saturated rings. The van der Waals surface area contributed by atoms with Crippen LogP contribution in [0.3, 0.4) is 0 Å². The minimum Gasteiger partial charge on any atom is -0.330 e. The number of piperidine rings is 1. The molecule has 0 bridgehead atoms. The van der Waals surface area contributed by atoms with E-state index in [0.29, 0.717) is 6.54 Å². The highest BCUT2D eigenvalue weighted by atomic mass is 19.2. The van der Waals surface area contributed by atoms with Crippen molar-refractivity contribution >= 4 is 0 Å². The van der Waals surface area contributed by atoms with E-state index in [0.717, 1.165) is 31.1 Å². The first kappa shape index (κ1) is 14.4. The van der Waals surface area contributed by atoms with Gasteiger partial charge in [-0.1, -0.05) is 13.0 Å². The molecule has 1 aromatic rings. The van der Waals surface area contributed by atoms with Crippen LogP contribution in [0.2, 0.25) is 0 Å². The summed E-state index contributed by atoms with van der Waals surface area (Å²) in [5.74, 6) is -0.728. The highest BCUT2D eigenvalue weighted by Crippen LogP contribution is 2.22. The van der Waals surface area contributed by atoms with Gasteiger partial charge in [0.2, 0.25) is 0 Å². The van der Waals surface area contributed by atoms with Crippen molar-refractivity contribution in [1.29, 1.82) is 0 Å². The summed E-state index contributed by atoms with van der Waals surface area (Å²) < 4.78 is 26.2. The first-order chi connectivity index (χ1) is 9.10. The van der Waals surface area contributed by atoms with Crippen LogP contribution in [0.1, 0.15) is 31.2 Å². The fourth-order valence-corrected chi connectivity index (χ4v) is 2.64. The van der Waals surface area contributed by atoms with Gasteiger partial charge in [-0.15, -0.1) is 0 Å². The smallest absolute Gasteiger partial charge is 0.159 e. The van der Waals surface area contributed by atoms with Crippen molar-refractivity contribution in [3.05, 3.63) is 35.4 Å². The van der Waals surface area contributed by atoms with Gasteiger partial charge < -0.3 is 10.6 Å².